The summed E-state index contributed by atoms with van der Waals surface area (Å²) in [6, 6.07) is 0. The van der Waals surface area contributed by atoms with Gasteiger partial charge in [0, 0.05) is 22.4 Å². The Balaban J connectivity index is 0. The first-order valence-corrected chi connectivity index (χ1v) is 3.97. The van der Waals surface area contributed by atoms with Crippen LogP contribution in [-0.2, 0) is 27.2 Å². The average molecular weight is 258 g/mol. The molecule has 10 heavy (non-hydrogen) atoms. The summed E-state index contributed by atoms with van der Waals surface area (Å²) in [7, 11) is 0. The zero-order chi connectivity index (χ0) is 7.28. The maximum absolute atomic E-state index is 9.95. The molecule has 0 bridgehead atoms. The van der Waals surface area contributed by atoms with E-state index in [0.29, 0.717) is 12.2 Å². The van der Waals surface area contributed by atoms with Crippen LogP contribution < -0.4 is 0 Å². The van der Waals surface area contributed by atoms with E-state index in [1.54, 1.807) is 0 Å². The molecule has 1 radical (unpaired) electrons. The molecular formula is C5H10AgO3S. The summed E-state index contributed by atoms with van der Waals surface area (Å²) in [5, 5.41) is 16.8. The summed E-state index contributed by atoms with van der Waals surface area (Å²) in [6.07, 6.45) is 1.02. The Labute approximate surface area is 79.7 Å². The zero-order valence-corrected chi connectivity index (χ0v) is 7.80. The maximum atomic E-state index is 9.95. The molecular weight excluding hydrogens is 248 g/mol. The number of hydrogen-bond acceptors (Lipinski definition) is 3. The molecule has 0 aliphatic rings. The van der Waals surface area contributed by atoms with E-state index in [-0.39, 0.29) is 22.4 Å². The van der Waals surface area contributed by atoms with Crippen molar-refractivity contribution in [3.8, 4) is 0 Å². The van der Waals surface area contributed by atoms with Crippen LogP contribution in [0.1, 0.15) is 6.42 Å². The van der Waals surface area contributed by atoms with Crippen LogP contribution in [0, 0.1) is 0 Å². The Bertz CT molecular complexity index is 98.9. The van der Waals surface area contributed by atoms with Crippen molar-refractivity contribution in [3.05, 3.63) is 0 Å². The first-order chi connectivity index (χ1) is 4.18. The number of aliphatic carboxylic acids is 1. The summed E-state index contributed by atoms with van der Waals surface area (Å²) in [5.41, 5.74) is 0. The second-order valence-electron chi connectivity index (χ2n) is 1.64. The molecule has 0 spiro atoms. The van der Waals surface area contributed by atoms with Gasteiger partial charge >= 0.3 is 5.97 Å². The quantitative estimate of drug-likeness (QED) is 0.706. The molecule has 65 valence electrons. The number of carboxylic acid groups (broad SMARTS) is 1. The molecule has 1 unspecified atom stereocenters. The van der Waals surface area contributed by atoms with Crippen molar-refractivity contribution >= 4 is 17.7 Å². The molecule has 3 nitrogen and oxygen atoms in total. The van der Waals surface area contributed by atoms with Crippen LogP contribution in [0.25, 0.3) is 0 Å². The fourth-order valence-electron chi connectivity index (χ4n) is 0.353. The fraction of sp³-hybridized carbons (Fsp3) is 0.800. The average Bonchev–Trinajstić information content (AvgIpc) is 1.82. The zero-order valence-electron chi connectivity index (χ0n) is 5.50. The predicted molar refractivity (Wildman–Crippen MR) is 36.6 cm³/mol. The summed E-state index contributed by atoms with van der Waals surface area (Å²) in [4.78, 5) is 9.95. The van der Waals surface area contributed by atoms with Crippen molar-refractivity contribution in [3.63, 3.8) is 0 Å². The van der Waals surface area contributed by atoms with Crippen molar-refractivity contribution in [1.82, 2.24) is 0 Å². The summed E-state index contributed by atoms with van der Waals surface area (Å²) >= 11 is 1.52. The van der Waals surface area contributed by atoms with Crippen LogP contribution in [-0.4, -0.2) is 34.3 Å². The number of carboxylic acids is 1. The molecule has 0 amide bonds. The Morgan fingerprint density at radius 2 is 2.20 bits per heavy atom. The van der Waals surface area contributed by atoms with E-state index in [9.17, 15) is 4.79 Å². The molecule has 0 aromatic heterocycles. The molecule has 0 aliphatic carbocycles. The Hall–Kier alpha value is 0.520. The molecule has 0 saturated carbocycles. The van der Waals surface area contributed by atoms with Crippen molar-refractivity contribution in [1.29, 1.82) is 0 Å². The molecule has 0 rings (SSSR count). The van der Waals surface area contributed by atoms with Gasteiger partial charge in [-0.25, -0.2) is 4.79 Å². The van der Waals surface area contributed by atoms with Gasteiger partial charge < -0.3 is 10.2 Å². The second-order valence-corrected chi connectivity index (χ2v) is 2.62. The minimum atomic E-state index is -1.18. The van der Waals surface area contributed by atoms with E-state index in [4.69, 9.17) is 10.2 Å². The van der Waals surface area contributed by atoms with Crippen molar-refractivity contribution < 1.29 is 37.4 Å². The molecule has 0 heterocycles. The monoisotopic (exact) mass is 257 g/mol. The number of hydrogen-bond donors (Lipinski definition) is 2. The topological polar surface area (TPSA) is 57.5 Å². The largest absolute Gasteiger partial charge is 0.479 e. The molecule has 0 aromatic rings. The van der Waals surface area contributed by atoms with Gasteiger partial charge in [-0.2, -0.15) is 11.8 Å². The van der Waals surface area contributed by atoms with Gasteiger partial charge in [0.25, 0.3) is 0 Å². The van der Waals surface area contributed by atoms with E-state index in [2.05, 4.69) is 0 Å². The van der Waals surface area contributed by atoms with Gasteiger partial charge in [0.15, 0.2) is 6.10 Å². The number of aliphatic hydroxyl groups excluding tert-OH is 1. The third-order valence-electron chi connectivity index (χ3n) is 0.880. The summed E-state index contributed by atoms with van der Waals surface area (Å²) in [6.45, 7) is 0. The molecule has 0 saturated heterocycles. The number of thioether (sulfide) groups is 1. The second kappa shape index (κ2) is 7.63. The van der Waals surface area contributed by atoms with Gasteiger partial charge in [0.1, 0.15) is 0 Å². The smallest absolute Gasteiger partial charge is 0.332 e. The minimum absolute atomic E-state index is 0. The Morgan fingerprint density at radius 1 is 1.70 bits per heavy atom. The molecule has 0 aromatic carbocycles. The number of rotatable bonds is 4. The van der Waals surface area contributed by atoms with Crippen LogP contribution in [0.3, 0.4) is 0 Å². The third-order valence-corrected chi connectivity index (χ3v) is 1.52. The van der Waals surface area contributed by atoms with E-state index in [1.165, 1.54) is 11.8 Å². The van der Waals surface area contributed by atoms with Gasteiger partial charge in [-0.15, -0.1) is 0 Å². The van der Waals surface area contributed by atoms with Gasteiger partial charge in [0.05, 0.1) is 0 Å². The molecule has 0 aliphatic heterocycles. The Kier molecular flexibility index (Phi) is 10.0. The van der Waals surface area contributed by atoms with E-state index < -0.39 is 12.1 Å². The van der Waals surface area contributed by atoms with Crippen molar-refractivity contribution in [2.75, 3.05) is 12.0 Å². The van der Waals surface area contributed by atoms with Crippen LogP contribution in [0.5, 0.6) is 0 Å². The van der Waals surface area contributed by atoms with E-state index >= 15 is 0 Å². The molecule has 5 heteroatoms. The van der Waals surface area contributed by atoms with Crippen molar-refractivity contribution in [2.45, 2.75) is 12.5 Å². The Morgan fingerprint density at radius 3 is 2.50 bits per heavy atom. The fourth-order valence-corrected chi connectivity index (χ4v) is 0.812. The van der Waals surface area contributed by atoms with E-state index in [1.807, 2.05) is 6.26 Å². The SMILES string of the molecule is CSCCC(O)C(=O)O.[Ag]. The number of carbonyl (C=O) groups is 1. The van der Waals surface area contributed by atoms with E-state index in [0.717, 1.165) is 0 Å². The third kappa shape index (κ3) is 6.64. The van der Waals surface area contributed by atoms with Crippen LogP contribution >= 0.6 is 11.8 Å². The predicted octanol–water partition coefficient (Wildman–Crippen LogP) is 0.182. The van der Waals surface area contributed by atoms with Crippen LogP contribution in [0.2, 0.25) is 0 Å². The maximum Gasteiger partial charge on any atom is 0.332 e. The van der Waals surface area contributed by atoms with Gasteiger partial charge in [-0.3, -0.25) is 0 Å². The van der Waals surface area contributed by atoms with Gasteiger partial charge in [-0.05, 0) is 18.4 Å². The normalized spacial score (nSPS) is 11.8. The first kappa shape index (κ1) is 13.1. The molecule has 2 N–H and O–H groups in total. The van der Waals surface area contributed by atoms with Crippen molar-refractivity contribution in [2.24, 2.45) is 0 Å². The first-order valence-electron chi connectivity index (χ1n) is 2.58. The van der Waals surface area contributed by atoms with Crippen LogP contribution in [0.4, 0.5) is 0 Å². The van der Waals surface area contributed by atoms with Gasteiger partial charge in [-0.1, -0.05) is 0 Å². The molecule has 0 fully saturated rings. The van der Waals surface area contributed by atoms with Crippen LogP contribution in [0.15, 0.2) is 0 Å². The molecule has 1 atom stereocenters. The van der Waals surface area contributed by atoms with Gasteiger partial charge in [0.2, 0.25) is 0 Å². The summed E-state index contributed by atoms with van der Waals surface area (Å²) in [5.74, 6) is -0.447. The number of aliphatic hydroxyl groups is 1. The standard InChI is InChI=1S/C5H10O3S.Ag/c1-9-3-2-4(6)5(7)8;/h4,6H,2-3H2,1H3,(H,7,8);. The summed E-state index contributed by atoms with van der Waals surface area (Å²) < 4.78 is 0. The minimum Gasteiger partial charge on any atom is -0.479 e.